The molecule has 2 heterocycles. The van der Waals surface area contributed by atoms with E-state index in [4.69, 9.17) is 4.42 Å². The summed E-state index contributed by atoms with van der Waals surface area (Å²) in [6.45, 7) is 1.82. The summed E-state index contributed by atoms with van der Waals surface area (Å²) in [6.07, 6.45) is 1.58. The number of benzene rings is 1. The Morgan fingerprint density at radius 1 is 1.21 bits per heavy atom. The molecule has 0 saturated heterocycles. The summed E-state index contributed by atoms with van der Waals surface area (Å²) >= 11 is 0. The van der Waals surface area contributed by atoms with Gasteiger partial charge >= 0.3 is 0 Å². The van der Waals surface area contributed by atoms with Crippen LogP contribution in [-0.2, 0) is 11.2 Å². The molecule has 0 spiro atoms. The molecule has 122 valence electrons. The van der Waals surface area contributed by atoms with Crippen LogP contribution >= 0.6 is 0 Å². The number of hydrogen-bond donors (Lipinski definition) is 1. The van der Waals surface area contributed by atoms with Gasteiger partial charge in [0.05, 0.1) is 6.04 Å². The van der Waals surface area contributed by atoms with Crippen molar-refractivity contribution < 1.29 is 13.6 Å². The van der Waals surface area contributed by atoms with Crippen LogP contribution in [-0.4, -0.2) is 21.1 Å². The van der Waals surface area contributed by atoms with E-state index in [1.54, 1.807) is 30.5 Å². The van der Waals surface area contributed by atoms with Gasteiger partial charge < -0.3 is 9.73 Å². The summed E-state index contributed by atoms with van der Waals surface area (Å²) < 4.78 is 18.4. The van der Waals surface area contributed by atoms with Crippen molar-refractivity contribution in [3.8, 4) is 11.6 Å². The summed E-state index contributed by atoms with van der Waals surface area (Å²) in [5.41, 5.74) is 1.36. The number of hydrogen-bond acceptors (Lipinski definition) is 5. The van der Waals surface area contributed by atoms with Crippen LogP contribution < -0.4 is 5.32 Å². The van der Waals surface area contributed by atoms with Crippen molar-refractivity contribution >= 4 is 5.91 Å². The van der Waals surface area contributed by atoms with E-state index in [1.807, 2.05) is 13.0 Å². The van der Waals surface area contributed by atoms with Crippen LogP contribution in [0.25, 0.3) is 11.6 Å². The number of rotatable bonds is 5. The molecule has 3 rings (SSSR count). The van der Waals surface area contributed by atoms with Crippen LogP contribution in [0.2, 0.25) is 0 Å². The highest BCUT2D eigenvalue weighted by Crippen LogP contribution is 2.16. The maximum atomic E-state index is 12.9. The minimum absolute atomic E-state index is 0.0363. The Morgan fingerprint density at radius 3 is 2.71 bits per heavy atom. The second kappa shape index (κ2) is 6.99. The van der Waals surface area contributed by atoms with Crippen molar-refractivity contribution in [1.29, 1.82) is 0 Å². The van der Waals surface area contributed by atoms with Gasteiger partial charge in [0.1, 0.15) is 17.9 Å². The zero-order valence-corrected chi connectivity index (χ0v) is 12.9. The van der Waals surface area contributed by atoms with Gasteiger partial charge in [-0.3, -0.25) is 9.78 Å². The quantitative estimate of drug-likeness (QED) is 0.779. The maximum Gasteiger partial charge on any atom is 0.266 e. The molecule has 6 nitrogen and oxygen atoms in total. The van der Waals surface area contributed by atoms with Gasteiger partial charge in [0.25, 0.3) is 5.89 Å². The third-order valence-electron chi connectivity index (χ3n) is 3.41. The Kier molecular flexibility index (Phi) is 4.60. The second-order valence-corrected chi connectivity index (χ2v) is 5.23. The summed E-state index contributed by atoms with van der Waals surface area (Å²) in [6, 6.07) is 11.1. The third-order valence-corrected chi connectivity index (χ3v) is 3.41. The topological polar surface area (TPSA) is 80.9 Å². The van der Waals surface area contributed by atoms with Gasteiger partial charge in [-0.25, -0.2) is 4.39 Å². The van der Waals surface area contributed by atoms with Crippen LogP contribution in [0.4, 0.5) is 4.39 Å². The first-order valence-corrected chi connectivity index (χ1v) is 7.40. The van der Waals surface area contributed by atoms with Gasteiger partial charge in [-0.15, -0.1) is 10.2 Å². The number of nitrogens with one attached hydrogen (secondary N) is 1. The van der Waals surface area contributed by atoms with E-state index in [9.17, 15) is 9.18 Å². The summed E-state index contributed by atoms with van der Waals surface area (Å²) in [4.78, 5) is 16.2. The molecular formula is C17H15FN4O2. The van der Waals surface area contributed by atoms with Crippen molar-refractivity contribution in [3.63, 3.8) is 0 Å². The van der Waals surface area contributed by atoms with Crippen molar-refractivity contribution in [2.24, 2.45) is 0 Å². The molecular weight excluding hydrogens is 311 g/mol. The largest absolute Gasteiger partial charge is 0.419 e. The molecule has 3 aromatic rings. The molecule has 1 aromatic carbocycles. The van der Waals surface area contributed by atoms with Crippen LogP contribution in [0.5, 0.6) is 0 Å². The average Bonchev–Trinajstić information content (AvgIpc) is 3.04. The normalized spacial score (nSPS) is 11.9. The number of carbonyl (C=O) groups excluding carboxylic acids is 1. The second-order valence-electron chi connectivity index (χ2n) is 5.23. The first-order chi connectivity index (χ1) is 11.6. The molecule has 0 aliphatic carbocycles. The first kappa shape index (κ1) is 15.8. The molecule has 2 aromatic heterocycles. The predicted octanol–water partition coefficient (Wildman–Crippen LogP) is 2.69. The van der Waals surface area contributed by atoms with Gasteiger partial charge in [-0.1, -0.05) is 18.2 Å². The number of nitrogens with zero attached hydrogens (tertiary/aromatic N) is 3. The lowest BCUT2D eigenvalue weighted by molar-refractivity contribution is -0.121. The van der Waals surface area contributed by atoms with Crippen LogP contribution in [0, 0.1) is 5.82 Å². The fraction of sp³-hybridized carbons (Fsp3) is 0.176. The Balaban J connectivity index is 1.61. The number of halogens is 1. The molecule has 1 N–H and O–H groups in total. The number of pyridine rings is 1. The van der Waals surface area contributed by atoms with Crippen LogP contribution in [0.3, 0.4) is 0 Å². The number of carbonyl (C=O) groups is 1. The lowest BCUT2D eigenvalue weighted by Crippen LogP contribution is -2.28. The Hall–Kier alpha value is -3.09. The molecule has 0 aliphatic heterocycles. The molecule has 0 fully saturated rings. The fourth-order valence-electron chi connectivity index (χ4n) is 2.18. The summed E-state index contributed by atoms with van der Waals surface area (Å²) in [7, 11) is 0. The van der Waals surface area contributed by atoms with Crippen molar-refractivity contribution in [3.05, 3.63) is 65.9 Å². The fourth-order valence-corrected chi connectivity index (χ4v) is 2.18. The molecule has 0 unspecified atom stereocenters. The summed E-state index contributed by atoms with van der Waals surface area (Å²) in [5, 5.41) is 10.6. The molecule has 1 atom stereocenters. The van der Waals surface area contributed by atoms with Gasteiger partial charge in [0, 0.05) is 6.20 Å². The lowest BCUT2D eigenvalue weighted by atomic mass is 10.1. The maximum absolute atomic E-state index is 12.9. The van der Waals surface area contributed by atoms with Gasteiger partial charge in [0.15, 0.2) is 0 Å². The zero-order chi connectivity index (χ0) is 16.9. The third kappa shape index (κ3) is 3.81. The van der Waals surface area contributed by atoms with Gasteiger partial charge in [0.2, 0.25) is 11.8 Å². The average molecular weight is 326 g/mol. The van der Waals surface area contributed by atoms with Crippen molar-refractivity contribution in [2.75, 3.05) is 0 Å². The SMILES string of the molecule is C[C@H](NC(=O)Cc1nnc(-c2ccccn2)o1)c1ccc(F)cc1. The van der Waals surface area contributed by atoms with Gasteiger partial charge in [-0.05, 0) is 36.8 Å². The van der Waals surface area contributed by atoms with Crippen LogP contribution in [0.1, 0.15) is 24.4 Å². The minimum atomic E-state index is -0.315. The zero-order valence-electron chi connectivity index (χ0n) is 12.9. The van der Waals surface area contributed by atoms with E-state index >= 15 is 0 Å². The Morgan fingerprint density at radius 2 is 2.00 bits per heavy atom. The molecule has 1 amide bonds. The number of amides is 1. The Bertz CT molecular complexity index is 818. The van der Waals surface area contributed by atoms with E-state index < -0.39 is 0 Å². The van der Waals surface area contributed by atoms with E-state index in [0.29, 0.717) is 5.69 Å². The standard InChI is InChI=1S/C17H15FN4O2/c1-11(12-5-7-13(18)8-6-12)20-15(23)10-16-21-22-17(24-16)14-4-2-3-9-19-14/h2-9,11H,10H2,1H3,(H,20,23)/t11-/m0/s1. The highest BCUT2D eigenvalue weighted by atomic mass is 19.1. The highest BCUT2D eigenvalue weighted by molar-refractivity contribution is 5.78. The monoisotopic (exact) mass is 326 g/mol. The lowest BCUT2D eigenvalue weighted by Gasteiger charge is -2.13. The van der Waals surface area contributed by atoms with E-state index in [-0.39, 0.29) is 36.0 Å². The van der Waals surface area contributed by atoms with Gasteiger partial charge in [-0.2, -0.15) is 0 Å². The predicted molar refractivity (Wildman–Crippen MR) is 84.2 cm³/mol. The Labute approximate surface area is 137 Å². The van der Waals surface area contributed by atoms with Crippen LogP contribution in [0.15, 0.2) is 53.1 Å². The summed E-state index contributed by atoms with van der Waals surface area (Å²) in [5.74, 6) is -0.0994. The minimum Gasteiger partial charge on any atom is -0.419 e. The molecule has 0 saturated carbocycles. The smallest absolute Gasteiger partial charge is 0.266 e. The van der Waals surface area contributed by atoms with Crippen molar-refractivity contribution in [2.45, 2.75) is 19.4 Å². The molecule has 7 heteroatoms. The first-order valence-electron chi connectivity index (χ1n) is 7.40. The van der Waals surface area contributed by atoms with E-state index in [0.717, 1.165) is 5.56 Å². The molecule has 0 aliphatic rings. The molecule has 0 bridgehead atoms. The number of aromatic nitrogens is 3. The van der Waals surface area contributed by atoms with E-state index in [2.05, 4.69) is 20.5 Å². The highest BCUT2D eigenvalue weighted by Gasteiger charge is 2.15. The molecule has 0 radical (unpaired) electrons. The molecule has 24 heavy (non-hydrogen) atoms. The van der Waals surface area contributed by atoms with Crippen molar-refractivity contribution in [1.82, 2.24) is 20.5 Å². The van der Waals surface area contributed by atoms with E-state index in [1.165, 1.54) is 12.1 Å².